The SMILES string of the molecule is CCCCN(C)S(=O)(=O)c1n[nH]c(C)c1CNCCC. The molecule has 0 amide bonds. The molecule has 0 bridgehead atoms. The van der Waals surface area contributed by atoms with Crippen LogP contribution in [0.4, 0.5) is 0 Å². The summed E-state index contributed by atoms with van der Waals surface area (Å²) in [5.41, 5.74) is 1.54. The maximum Gasteiger partial charge on any atom is 0.262 e. The summed E-state index contributed by atoms with van der Waals surface area (Å²) >= 11 is 0. The quantitative estimate of drug-likeness (QED) is 0.680. The van der Waals surface area contributed by atoms with E-state index in [1.807, 2.05) is 13.8 Å². The van der Waals surface area contributed by atoms with Crippen LogP contribution in [0.3, 0.4) is 0 Å². The van der Waals surface area contributed by atoms with Gasteiger partial charge in [0.25, 0.3) is 10.0 Å². The van der Waals surface area contributed by atoms with Crippen LogP contribution < -0.4 is 5.32 Å². The highest BCUT2D eigenvalue weighted by Gasteiger charge is 2.27. The Morgan fingerprint density at radius 1 is 1.30 bits per heavy atom. The molecule has 116 valence electrons. The third-order valence-corrected chi connectivity index (χ3v) is 5.08. The van der Waals surface area contributed by atoms with Gasteiger partial charge in [0.1, 0.15) is 0 Å². The average molecular weight is 302 g/mol. The molecule has 0 aliphatic carbocycles. The number of unbranched alkanes of at least 4 members (excludes halogenated alkanes) is 1. The second-order valence-corrected chi connectivity index (χ2v) is 6.95. The summed E-state index contributed by atoms with van der Waals surface area (Å²) in [6, 6.07) is 0. The van der Waals surface area contributed by atoms with Crippen LogP contribution >= 0.6 is 0 Å². The molecule has 0 aliphatic heterocycles. The van der Waals surface area contributed by atoms with E-state index in [1.165, 1.54) is 4.31 Å². The molecule has 7 heteroatoms. The van der Waals surface area contributed by atoms with Gasteiger partial charge in [-0.25, -0.2) is 8.42 Å². The molecule has 0 unspecified atom stereocenters. The second kappa shape index (κ2) is 7.75. The molecule has 0 saturated carbocycles. The maximum absolute atomic E-state index is 12.5. The van der Waals surface area contributed by atoms with E-state index in [0.29, 0.717) is 13.1 Å². The molecule has 0 aromatic carbocycles. The minimum Gasteiger partial charge on any atom is -0.313 e. The number of aromatic amines is 1. The molecule has 1 heterocycles. The molecule has 0 radical (unpaired) electrons. The van der Waals surface area contributed by atoms with Gasteiger partial charge in [0.2, 0.25) is 0 Å². The minimum absolute atomic E-state index is 0.150. The molecule has 1 aromatic heterocycles. The maximum atomic E-state index is 12.5. The number of H-pyrrole nitrogens is 1. The van der Waals surface area contributed by atoms with Gasteiger partial charge in [0.05, 0.1) is 0 Å². The molecular weight excluding hydrogens is 276 g/mol. The zero-order valence-corrected chi connectivity index (χ0v) is 13.7. The lowest BCUT2D eigenvalue weighted by atomic mass is 10.2. The van der Waals surface area contributed by atoms with E-state index in [2.05, 4.69) is 22.4 Å². The first-order valence-corrected chi connectivity index (χ1v) is 8.60. The van der Waals surface area contributed by atoms with Gasteiger partial charge in [-0.2, -0.15) is 9.40 Å². The van der Waals surface area contributed by atoms with Crippen molar-refractivity contribution in [2.45, 2.75) is 51.6 Å². The van der Waals surface area contributed by atoms with Gasteiger partial charge in [0, 0.05) is 31.4 Å². The Balaban J connectivity index is 2.94. The number of nitrogens with one attached hydrogen (secondary N) is 2. The third kappa shape index (κ3) is 4.04. The van der Waals surface area contributed by atoms with Crippen molar-refractivity contribution in [2.75, 3.05) is 20.1 Å². The Morgan fingerprint density at radius 2 is 2.00 bits per heavy atom. The molecule has 0 aliphatic rings. The van der Waals surface area contributed by atoms with Crippen LogP contribution in [0.2, 0.25) is 0 Å². The zero-order chi connectivity index (χ0) is 15.2. The molecule has 0 atom stereocenters. The summed E-state index contributed by atoms with van der Waals surface area (Å²) in [6.07, 6.45) is 2.82. The molecule has 6 nitrogen and oxygen atoms in total. The van der Waals surface area contributed by atoms with Crippen LogP contribution in [0.1, 0.15) is 44.4 Å². The van der Waals surface area contributed by atoms with Gasteiger partial charge in [-0.15, -0.1) is 0 Å². The van der Waals surface area contributed by atoms with E-state index >= 15 is 0 Å². The molecule has 0 saturated heterocycles. The summed E-state index contributed by atoms with van der Waals surface area (Å²) in [5.74, 6) is 0. The average Bonchev–Trinajstić information content (AvgIpc) is 2.78. The van der Waals surface area contributed by atoms with Crippen molar-refractivity contribution in [3.8, 4) is 0 Å². The predicted molar refractivity (Wildman–Crippen MR) is 80.0 cm³/mol. The zero-order valence-electron chi connectivity index (χ0n) is 12.9. The number of nitrogens with zero attached hydrogens (tertiary/aromatic N) is 2. The number of hydrogen-bond acceptors (Lipinski definition) is 4. The van der Waals surface area contributed by atoms with Crippen molar-refractivity contribution in [1.82, 2.24) is 19.8 Å². The van der Waals surface area contributed by atoms with Crippen LogP contribution in [0, 0.1) is 6.92 Å². The Kier molecular flexibility index (Phi) is 6.64. The van der Waals surface area contributed by atoms with Crippen molar-refractivity contribution in [3.05, 3.63) is 11.3 Å². The van der Waals surface area contributed by atoms with Crippen molar-refractivity contribution < 1.29 is 8.42 Å². The molecular formula is C13H26N4O2S. The fraction of sp³-hybridized carbons (Fsp3) is 0.769. The minimum atomic E-state index is -3.51. The van der Waals surface area contributed by atoms with Crippen LogP contribution in [0.5, 0.6) is 0 Å². The summed E-state index contributed by atoms with van der Waals surface area (Å²) < 4.78 is 26.4. The van der Waals surface area contributed by atoms with Crippen LogP contribution in [-0.4, -0.2) is 43.1 Å². The van der Waals surface area contributed by atoms with Crippen molar-refractivity contribution in [1.29, 1.82) is 0 Å². The number of sulfonamides is 1. The highest BCUT2D eigenvalue weighted by atomic mass is 32.2. The second-order valence-electron chi connectivity index (χ2n) is 4.99. The molecule has 0 fully saturated rings. The van der Waals surface area contributed by atoms with Crippen LogP contribution in [0.15, 0.2) is 5.03 Å². The van der Waals surface area contributed by atoms with Crippen molar-refractivity contribution in [3.63, 3.8) is 0 Å². The first kappa shape index (κ1) is 17.1. The van der Waals surface area contributed by atoms with E-state index in [9.17, 15) is 8.42 Å². The predicted octanol–water partition coefficient (Wildman–Crippen LogP) is 1.64. The van der Waals surface area contributed by atoms with Crippen LogP contribution in [0.25, 0.3) is 0 Å². The Hall–Kier alpha value is -0.920. The van der Waals surface area contributed by atoms with Gasteiger partial charge in [0.15, 0.2) is 5.03 Å². The van der Waals surface area contributed by atoms with Crippen molar-refractivity contribution >= 4 is 10.0 Å². The fourth-order valence-corrected chi connectivity index (χ4v) is 3.25. The Labute approximate surface area is 122 Å². The highest BCUT2D eigenvalue weighted by Crippen LogP contribution is 2.19. The Bertz CT molecular complexity index is 510. The smallest absolute Gasteiger partial charge is 0.262 e. The summed E-state index contributed by atoms with van der Waals surface area (Å²) in [6.45, 7) is 7.86. The van der Waals surface area contributed by atoms with Gasteiger partial charge < -0.3 is 5.32 Å². The first-order valence-electron chi connectivity index (χ1n) is 7.16. The number of aryl methyl sites for hydroxylation is 1. The van der Waals surface area contributed by atoms with Crippen molar-refractivity contribution in [2.24, 2.45) is 0 Å². The van der Waals surface area contributed by atoms with Gasteiger partial charge in [-0.3, -0.25) is 5.10 Å². The number of rotatable bonds is 9. The monoisotopic (exact) mass is 302 g/mol. The van der Waals surface area contributed by atoms with E-state index in [4.69, 9.17) is 0 Å². The van der Waals surface area contributed by atoms with Crippen LogP contribution in [-0.2, 0) is 16.6 Å². The lowest BCUT2D eigenvalue weighted by Gasteiger charge is -2.16. The van der Waals surface area contributed by atoms with E-state index in [0.717, 1.165) is 37.1 Å². The van der Waals surface area contributed by atoms with Gasteiger partial charge in [-0.05, 0) is 26.3 Å². The van der Waals surface area contributed by atoms with E-state index in [-0.39, 0.29) is 5.03 Å². The molecule has 1 rings (SSSR count). The lowest BCUT2D eigenvalue weighted by Crippen LogP contribution is -2.29. The normalized spacial score (nSPS) is 12.2. The van der Waals surface area contributed by atoms with Gasteiger partial charge >= 0.3 is 0 Å². The van der Waals surface area contributed by atoms with E-state index in [1.54, 1.807) is 7.05 Å². The number of aromatic nitrogens is 2. The molecule has 2 N–H and O–H groups in total. The largest absolute Gasteiger partial charge is 0.313 e. The third-order valence-electron chi connectivity index (χ3n) is 3.25. The first-order chi connectivity index (χ1) is 9.45. The number of hydrogen-bond donors (Lipinski definition) is 2. The van der Waals surface area contributed by atoms with E-state index < -0.39 is 10.0 Å². The van der Waals surface area contributed by atoms with Gasteiger partial charge in [-0.1, -0.05) is 20.3 Å². The molecule has 20 heavy (non-hydrogen) atoms. The highest BCUT2D eigenvalue weighted by molar-refractivity contribution is 7.89. The fourth-order valence-electron chi connectivity index (χ4n) is 1.89. The topological polar surface area (TPSA) is 78.1 Å². The lowest BCUT2D eigenvalue weighted by molar-refractivity contribution is 0.455. The Morgan fingerprint density at radius 3 is 2.60 bits per heavy atom. The summed E-state index contributed by atoms with van der Waals surface area (Å²) in [7, 11) is -1.90. The molecule has 0 spiro atoms. The standard InChI is InChI=1S/C13H26N4O2S/c1-5-7-9-17(4)20(18,19)13-12(10-14-8-6-2)11(3)15-16-13/h14H,5-10H2,1-4H3,(H,15,16). The summed E-state index contributed by atoms with van der Waals surface area (Å²) in [5, 5.41) is 10.2. The summed E-state index contributed by atoms with van der Waals surface area (Å²) in [4.78, 5) is 0. The molecule has 1 aromatic rings.